The van der Waals surface area contributed by atoms with Crippen molar-refractivity contribution < 1.29 is 14.4 Å². The van der Waals surface area contributed by atoms with Gasteiger partial charge >= 0.3 is 12.1 Å². The third-order valence-electron chi connectivity index (χ3n) is 6.29. The molecule has 194 valence electrons. The Morgan fingerprint density at radius 2 is 1.46 bits per heavy atom. The van der Waals surface area contributed by atoms with Crippen LogP contribution in [-0.2, 0) is 6.54 Å². The number of fused-ring (bicyclic) bond motifs is 2. The maximum atomic E-state index is 13.5. The van der Waals surface area contributed by atoms with Gasteiger partial charge in [-0.05, 0) is 52.7 Å². The van der Waals surface area contributed by atoms with E-state index in [1.54, 1.807) is 30.3 Å². The van der Waals surface area contributed by atoms with Gasteiger partial charge in [-0.3, -0.25) is 15.5 Å². The lowest BCUT2D eigenvalue weighted by atomic mass is 10.0. The predicted octanol–water partition coefficient (Wildman–Crippen LogP) is 4.58. The minimum Gasteiger partial charge on any atom is -0.384 e. The van der Waals surface area contributed by atoms with Crippen molar-refractivity contribution in [2.45, 2.75) is 6.54 Å². The van der Waals surface area contributed by atoms with Gasteiger partial charge in [0, 0.05) is 34.4 Å². The van der Waals surface area contributed by atoms with Crippen LogP contribution in [0.25, 0.3) is 21.7 Å². The van der Waals surface area contributed by atoms with Crippen molar-refractivity contribution in [2.75, 3.05) is 10.6 Å². The third-order valence-corrected chi connectivity index (χ3v) is 6.29. The summed E-state index contributed by atoms with van der Waals surface area (Å²) in [4.78, 5) is 36.0. The highest BCUT2D eigenvalue weighted by Crippen LogP contribution is 2.27. The Balaban J connectivity index is 1.48. The summed E-state index contributed by atoms with van der Waals surface area (Å²) < 4.78 is 1.92. The SMILES string of the molecule is N=C(N)c1ccc2cc(C(=O)Nc3ccc(NC(=O)NC(N)=O)cc3)n(Cc3cccc4ccccc34)c2c1. The van der Waals surface area contributed by atoms with E-state index in [0.29, 0.717) is 29.2 Å². The molecule has 0 atom stereocenters. The van der Waals surface area contributed by atoms with Crippen molar-refractivity contribution in [1.29, 1.82) is 5.41 Å². The average Bonchev–Trinajstić information content (AvgIpc) is 3.27. The Bertz CT molecular complexity index is 1750. The number of nitrogens with two attached hydrogens (primary N) is 2. The smallest absolute Gasteiger partial charge is 0.327 e. The first-order valence-corrected chi connectivity index (χ1v) is 12.0. The van der Waals surface area contributed by atoms with E-state index in [9.17, 15) is 14.4 Å². The lowest BCUT2D eigenvalue weighted by molar-refractivity contribution is 0.101. The van der Waals surface area contributed by atoms with Crippen molar-refractivity contribution in [3.05, 3.63) is 108 Å². The minimum atomic E-state index is -0.967. The maximum Gasteiger partial charge on any atom is 0.327 e. The van der Waals surface area contributed by atoms with Gasteiger partial charge in [-0.15, -0.1) is 0 Å². The molecular weight excluding hydrogens is 494 g/mol. The Labute approximate surface area is 223 Å². The first-order valence-electron chi connectivity index (χ1n) is 12.0. The van der Waals surface area contributed by atoms with E-state index < -0.39 is 12.1 Å². The van der Waals surface area contributed by atoms with E-state index in [1.165, 1.54) is 0 Å². The van der Waals surface area contributed by atoms with Crippen molar-refractivity contribution in [1.82, 2.24) is 9.88 Å². The van der Waals surface area contributed by atoms with Crippen LogP contribution in [0.3, 0.4) is 0 Å². The zero-order valence-corrected chi connectivity index (χ0v) is 20.7. The highest BCUT2D eigenvalue weighted by atomic mass is 16.2. The number of primary amides is 1. The van der Waals surface area contributed by atoms with Crippen LogP contribution in [0.5, 0.6) is 0 Å². The fraction of sp³-hybridized carbons (Fsp3) is 0.0345. The van der Waals surface area contributed by atoms with Crippen LogP contribution in [0.4, 0.5) is 21.0 Å². The van der Waals surface area contributed by atoms with E-state index in [2.05, 4.69) is 16.7 Å². The van der Waals surface area contributed by atoms with E-state index in [0.717, 1.165) is 27.2 Å². The second kappa shape index (κ2) is 10.4. The summed E-state index contributed by atoms with van der Waals surface area (Å²) in [6.07, 6.45) is 0. The minimum absolute atomic E-state index is 0.0565. The molecule has 0 saturated heterocycles. The predicted molar refractivity (Wildman–Crippen MR) is 152 cm³/mol. The second-order valence-corrected chi connectivity index (χ2v) is 8.92. The zero-order chi connectivity index (χ0) is 27.5. The van der Waals surface area contributed by atoms with Crippen LogP contribution < -0.4 is 27.4 Å². The number of nitrogens with zero attached hydrogens (tertiary/aromatic N) is 1. The molecule has 0 radical (unpaired) electrons. The number of imide groups is 1. The molecule has 5 amide bonds. The lowest BCUT2D eigenvalue weighted by Gasteiger charge is -2.14. The number of aromatic nitrogens is 1. The molecule has 0 unspecified atom stereocenters. The van der Waals surface area contributed by atoms with Gasteiger partial charge in [0.2, 0.25) is 0 Å². The first kappa shape index (κ1) is 25.0. The second-order valence-electron chi connectivity index (χ2n) is 8.92. The first-order chi connectivity index (χ1) is 18.8. The normalized spacial score (nSPS) is 10.8. The standard InChI is InChI=1S/C29H25N7O3/c30-26(31)19-9-8-18-14-25(27(37)33-21-10-12-22(13-11-21)34-29(39)35-28(32)38)36(24(18)15-19)16-20-6-3-5-17-4-1-2-7-23(17)20/h1-15H,16H2,(H3,30,31)(H,33,37)(H4,32,34,35,38,39). The molecule has 8 N–H and O–H groups in total. The number of anilines is 2. The third kappa shape index (κ3) is 5.39. The number of nitrogen functional groups attached to an aromatic ring is 1. The van der Waals surface area contributed by atoms with Crippen LogP contribution in [0.15, 0.2) is 91.0 Å². The molecule has 10 heteroatoms. The quantitative estimate of drug-likeness (QED) is 0.143. The number of hydrogen-bond donors (Lipinski definition) is 6. The van der Waals surface area contributed by atoms with Crippen LogP contribution in [0.2, 0.25) is 0 Å². The molecule has 0 aliphatic carbocycles. The number of benzene rings is 4. The van der Waals surface area contributed by atoms with Gasteiger partial charge in [0.25, 0.3) is 5.91 Å². The fourth-order valence-corrected chi connectivity index (χ4v) is 4.49. The van der Waals surface area contributed by atoms with Crippen molar-refractivity contribution in [3.63, 3.8) is 0 Å². The summed E-state index contributed by atoms with van der Waals surface area (Å²) in [6.45, 7) is 0.423. The highest BCUT2D eigenvalue weighted by Gasteiger charge is 2.18. The van der Waals surface area contributed by atoms with E-state index in [1.807, 2.05) is 64.5 Å². The number of amides is 5. The van der Waals surface area contributed by atoms with Gasteiger partial charge < -0.3 is 26.7 Å². The van der Waals surface area contributed by atoms with Crippen molar-refractivity contribution >= 4 is 56.9 Å². The van der Waals surface area contributed by atoms with Gasteiger partial charge in [-0.25, -0.2) is 9.59 Å². The Hall–Kier alpha value is -5.64. The molecule has 0 aliphatic heterocycles. The molecule has 4 aromatic carbocycles. The maximum absolute atomic E-state index is 13.5. The molecule has 0 spiro atoms. The number of hydrogen-bond acceptors (Lipinski definition) is 4. The molecule has 5 aromatic rings. The zero-order valence-electron chi connectivity index (χ0n) is 20.7. The monoisotopic (exact) mass is 519 g/mol. The van der Waals surface area contributed by atoms with Crippen molar-refractivity contribution in [3.8, 4) is 0 Å². The number of carbonyl (C=O) groups excluding carboxylic acids is 3. The number of nitrogens with one attached hydrogen (secondary N) is 4. The number of urea groups is 2. The number of rotatable bonds is 6. The largest absolute Gasteiger partial charge is 0.384 e. The summed E-state index contributed by atoms with van der Waals surface area (Å²) >= 11 is 0. The molecule has 0 saturated carbocycles. The summed E-state index contributed by atoms with van der Waals surface area (Å²) in [5, 5.41) is 18.2. The molecule has 5 rings (SSSR count). The summed E-state index contributed by atoms with van der Waals surface area (Å²) in [5.41, 5.74) is 14.4. The molecular formula is C29H25N7O3. The summed E-state index contributed by atoms with van der Waals surface area (Å²) in [7, 11) is 0. The molecule has 0 aliphatic rings. The topological polar surface area (TPSA) is 168 Å². The summed E-state index contributed by atoms with van der Waals surface area (Å²) in [6, 6.07) is 26.1. The van der Waals surface area contributed by atoms with Gasteiger partial charge in [0.1, 0.15) is 11.5 Å². The molecule has 0 fully saturated rings. The van der Waals surface area contributed by atoms with Gasteiger partial charge in [0.05, 0.1) is 0 Å². The van der Waals surface area contributed by atoms with Crippen LogP contribution >= 0.6 is 0 Å². The highest BCUT2D eigenvalue weighted by molar-refractivity contribution is 6.08. The van der Waals surface area contributed by atoms with Crippen LogP contribution in [0.1, 0.15) is 21.6 Å². The average molecular weight is 520 g/mol. The lowest BCUT2D eigenvalue weighted by Crippen LogP contribution is -2.38. The molecule has 0 bridgehead atoms. The van der Waals surface area contributed by atoms with Gasteiger partial charge in [0.15, 0.2) is 0 Å². The van der Waals surface area contributed by atoms with E-state index in [-0.39, 0.29) is 11.7 Å². The Morgan fingerprint density at radius 3 is 2.18 bits per heavy atom. The van der Waals surface area contributed by atoms with Gasteiger partial charge in [-0.2, -0.15) is 0 Å². The molecule has 1 aromatic heterocycles. The Morgan fingerprint density at radius 1 is 0.769 bits per heavy atom. The Kier molecular flexibility index (Phi) is 6.66. The number of carbonyl (C=O) groups is 3. The molecule has 39 heavy (non-hydrogen) atoms. The van der Waals surface area contributed by atoms with Crippen LogP contribution in [-0.4, -0.2) is 28.4 Å². The molecule has 10 nitrogen and oxygen atoms in total. The van der Waals surface area contributed by atoms with E-state index >= 15 is 0 Å². The van der Waals surface area contributed by atoms with Crippen LogP contribution in [0, 0.1) is 5.41 Å². The molecule has 1 heterocycles. The van der Waals surface area contributed by atoms with E-state index in [4.69, 9.17) is 16.9 Å². The summed E-state index contributed by atoms with van der Waals surface area (Å²) in [5.74, 6) is -0.387. The van der Waals surface area contributed by atoms with Gasteiger partial charge in [-0.1, -0.05) is 54.6 Å². The fourth-order valence-electron chi connectivity index (χ4n) is 4.49. The van der Waals surface area contributed by atoms with Crippen molar-refractivity contribution in [2.24, 2.45) is 11.5 Å². The number of amidine groups is 1.